The van der Waals surface area contributed by atoms with Gasteiger partial charge in [-0.15, -0.1) is 31.3 Å². The van der Waals surface area contributed by atoms with E-state index >= 15 is 0 Å². The van der Waals surface area contributed by atoms with E-state index in [9.17, 15) is 23.6 Å². The van der Waals surface area contributed by atoms with Crippen molar-refractivity contribution in [2.75, 3.05) is 39.5 Å². The fourth-order valence-electron chi connectivity index (χ4n) is 3.75. The van der Waals surface area contributed by atoms with Gasteiger partial charge in [-0.05, 0) is 75.6 Å². The highest BCUT2D eigenvalue weighted by Gasteiger charge is 2.19. The van der Waals surface area contributed by atoms with Crippen molar-refractivity contribution in [1.29, 1.82) is 0 Å². The zero-order chi connectivity index (χ0) is 32.3. The standard InChI is InChI=1S/C23H25N9O6S.2C2H4/c1-12-9-14-3-5-16(24)20(19(14)18(33)10-12)31-30-17-6-4-15(11-13(17)2)26-22-27-21(25-7-8-39(36,37)38)28-23(29-22)32(34)35;2*1-2/h3-6,9-11,30-31,33H,7-8,24H2,1-2H3,(H,36,37,38)(H2,25,26,27,28,29);2*1-2H2. The lowest BCUT2D eigenvalue weighted by atomic mass is 10.0. The van der Waals surface area contributed by atoms with Crippen molar-refractivity contribution in [3.63, 3.8) is 0 Å². The number of nitrogens with two attached hydrogens (primary N) is 1. The quantitative estimate of drug-likeness (QED) is 0.0415. The molecule has 43 heavy (non-hydrogen) atoms. The van der Waals surface area contributed by atoms with E-state index in [2.05, 4.69) is 62.8 Å². The lowest BCUT2D eigenvalue weighted by Crippen LogP contribution is -2.17. The SMILES string of the molecule is C=C.C=C.Cc1cc(O)c2c(NNc3ccc(Nc4nc(NCCS(=O)(=O)O)nc([N+](=O)[O-])n4)cc3C)c(N)ccc2c1. The summed E-state index contributed by atoms with van der Waals surface area (Å²) in [6.07, 6.45) is 0. The smallest absolute Gasteiger partial charge is 0.475 e. The van der Waals surface area contributed by atoms with E-state index in [0.717, 1.165) is 16.5 Å². The van der Waals surface area contributed by atoms with Gasteiger partial charge in [0.05, 0.1) is 28.2 Å². The first-order chi connectivity index (χ1) is 20.4. The number of hydrogen-bond donors (Lipinski definition) is 7. The maximum atomic E-state index is 11.2. The molecule has 3 aromatic carbocycles. The molecular weight excluding hydrogens is 578 g/mol. The molecule has 0 spiro atoms. The Bertz CT molecular complexity index is 1720. The molecule has 1 heterocycles. The zero-order valence-corrected chi connectivity index (χ0v) is 24.4. The van der Waals surface area contributed by atoms with Crippen molar-refractivity contribution in [2.45, 2.75) is 13.8 Å². The number of hydrogen-bond acceptors (Lipinski definition) is 13. The lowest BCUT2D eigenvalue weighted by Gasteiger charge is -2.17. The summed E-state index contributed by atoms with van der Waals surface area (Å²) in [5, 5.41) is 28.5. The largest absolute Gasteiger partial charge is 0.507 e. The molecule has 0 saturated heterocycles. The molecule has 0 aliphatic rings. The number of rotatable bonds is 10. The highest BCUT2D eigenvalue weighted by atomic mass is 32.2. The molecule has 4 aromatic rings. The van der Waals surface area contributed by atoms with Crippen LogP contribution < -0.4 is 27.2 Å². The molecule has 0 bridgehead atoms. The van der Waals surface area contributed by atoms with Crippen molar-refractivity contribution in [3.05, 3.63) is 90.0 Å². The van der Waals surface area contributed by atoms with Gasteiger partial charge < -0.3 is 37.0 Å². The third-order valence-electron chi connectivity index (χ3n) is 5.51. The maximum Gasteiger partial charge on any atom is 0.475 e. The van der Waals surface area contributed by atoms with Gasteiger partial charge in [-0.2, -0.15) is 8.42 Å². The van der Waals surface area contributed by atoms with Crippen LogP contribution in [0.3, 0.4) is 0 Å². The number of aromatic nitrogens is 3. The third-order valence-corrected chi connectivity index (χ3v) is 6.23. The van der Waals surface area contributed by atoms with Gasteiger partial charge in [0.25, 0.3) is 10.1 Å². The molecule has 228 valence electrons. The summed E-state index contributed by atoms with van der Waals surface area (Å²) in [4.78, 5) is 21.8. The van der Waals surface area contributed by atoms with Crippen LogP contribution in [0.2, 0.25) is 0 Å². The molecule has 16 heteroatoms. The van der Waals surface area contributed by atoms with Crippen molar-refractivity contribution in [1.82, 2.24) is 15.0 Å². The van der Waals surface area contributed by atoms with E-state index in [4.69, 9.17) is 10.3 Å². The third kappa shape index (κ3) is 9.27. The van der Waals surface area contributed by atoms with Crippen LogP contribution in [0.25, 0.3) is 10.8 Å². The number of phenols is 1. The number of aromatic hydroxyl groups is 1. The number of phenolic OH excluding ortho intramolecular Hbond substituents is 1. The minimum Gasteiger partial charge on any atom is -0.507 e. The number of fused-ring (bicyclic) bond motifs is 1. The second-order valence-electron chi connectivity index (χ2n) is 8.57. The van der Waals surface area contributed by atoms with E-state index in [1.165, 1.54) is 0 Å². The van der Waals surface area contributed by atoms with Gasteiger partial charge in [0, 0.05) is 12.2 Å². The Morgan fingerprint density at radius 3 is 2.28 bits per heavy atom. The molecule has 4 rings (SSSR count). The van der Waals surface area contributed by atoms with Crippen LogP contribution in [0.1, 0.15) is 11.1 Å². The summed E-state index contributed by atoms with van der Waals surface area (Å²) in [5.74, 6) is -1.70. The Morgan fingerprint density at radius 1 is 0.977 bits per heavy atom. The van der Waals surface area contributed by atoms with Crippen molar-refractivity contribution < 1.29 is 23.0 Å². The van der Waals surface area contributed by atoms with Crippen LogP contribution in [-0.2, 0) is 10.1 Å². The van der Waals surface area contributed by atoms with E-state index in [1.54, 1.807) is 30.3 Å². The van der Waals surface area contributed by atoms with Crippen LogP contribution in [0.15, 0.2) is 68.8 Å². The highest BCUT2D eigenvalue weighted by molar-refractivity contribution is 7.85. The molecule has 0 saturated carbocycles. The number of nitrogen functional groups attached to an aromatic ring is 1. The van der Waals surface area contributed by atoms with Crippen LogP contribution in [-0.4, -0.2) is 50.2 Å². The van der Waals surface area contributed by atoms with Gasteiger partial charge in [0.15, 0.2) is 0 Å². The second-order valence-corrected chi connectivity index (χ2v) is 10.1. The predicted octanol–water partition coefficient (Wildman–Crippen LogP) is 4.92. The molecule has 0 aliphatic heterocycles. The number of aryl methyl sites for hydroxylation is 2. The van der Waals surface area contributed by atoms with Crippen LogP contribution >= 0.6 is 0 Å². The van der Waals surface area contributed by atoms with Crippen LogP contribution in [0.5, 0.6) is 5.75 Å². The fourth-order valence-corrected chi connectivity index (χ4v) is 4.11. The first-order valence-corrected chi connectivity index (χ1v) is 14.0. The summed E-state index contributed by atoms with van der Waals surface area (Å²) in [7, 11) is -4.24. The van der Waals surface area contributed by atoms with Gasteiger partial charge in [0.2, 0.25) is 0 Å². The van der Waals surface area contributed by atoms with E-state index in [-0.39, 0.29) is 24.2 Å². The van der Waals surface area contributed by atoms with E-state index in [0.29, 0.717) is 28.1 Å². The van der Waals surface area contributed by atoms with Crippen molar-refractivity contribution >= 4 is 61.5 Å². The number of benzene rings is 3. The monoisotopic (exact) mass is 611 g/mol. The molecule has 8 N–H and O–H groups in total. The second kappa shape index (κ2) is 14.9. The minimum atomic E-state index is -4.24. The van der Waals surface area contributed by atoms with Gasteiger partial charge in [-0.3, -0.25) is 9.98 Å². The Hall–Kier alpha value is -5.48. The molecule has 0 atom stereocenters. The average Bonchev–Trinajstić information content (AvgIpc) is 2.95. The molecule has 0 radical (unpaired) electrons. The van der Waals surface area contributed by atoms with Crippen molar-refractivity contribution in [2.24, 2.45) is 0 Å². The van der Waals surface area contributed by atoms with Crippen LogP contribution in [0.4, 0.5) is 40.6 Å². The highest BCUT2D eigenvalue weighted by Crippen LogP contribution is 2.37. The first kappa shape index (κ1) is 33.7. The number of hydrazine groups is 1. The molecule has 0 fully saturated rings. The average molecular weight is 612 g/mol. The zero-order valence-electron chi connectivity index (χ0n) is 23.6. The van der Waals surface area contributed by atoms with Gasteiger partial charge >= 0.3 is 17.8 Å². The summed E-state index contributed by atoms with van der Waals surface area (Å²) >= 11 is 0. The van der Waals surface area contributed by atoms with Crippen molar-refractivity contribution in [3.8, 4) is 5.75 Å². The number of anilines is 6. The molecule has 1 aromatic heterocycles. The number of nitrogens with one attached hydrogen (secondary N) is 4. The Balaban J connectivity index is 0.00000155. The number of nitrogens with zero attached hydrogens (tertiary/aromatic N) is 4. The molecule has 0 aliphatic carbocycles. The topological polar surface area (TPSA) is 231 Å². The van der Waals surface area contributed by atoms with Gasteiger partial charge in [-0.1, -0.05) is 12.1 Å². The molecule has 0 unspecified atom stereocenters. The molecule has 15 nitrogen and oxygen atoms in total. The maximum absolute atomic E-state index is 11.2. The lowest BCUT2D eigenvalue weighted by molar-refractivity contribution is -0.394. The van der Waals surface area contributed by atoms with Gasteiger partial charge in [-0.25, -0.2) is 0 Å². The summed E-state index contributed by atoms with van der Waals surface area (Å²) in [5.41, 5.74) is 16.1. The number of nitro groups is 1. The summed E-state index contributed by atoms with van der Waals surface area (Å²) in [6.45, 7) is 15.4. The fraction of sp³-hybridized carbons (Fsp3) is 0.148. The van der Waals surface area contributed by atoms with Gasteiger partial charge in [0.1, 0.15) is 5.75 Å². The normalized spacial score (nSPS) is 10.4. The Labute approximate surface area is 248 Å². The Morgan fingerprint density at radius 2 is 1.65 bits per heavy atom. The summed E-state index contributed by atoms with van der Waals surface area (Å²) < 4.78 is 30.7. The summed E-state index contributed by atoms with van der Waals surface area (Å²) in [6, 6.07) is 12.3. The van der Waals surface area contributed by atoms with Crippen LogP contribution in [0, 0.1) is 24.0 Å². The predicted molar refractivity (Wildman–Crippen MR) is 170 cm³/mol. The van der Waals surface area contributed by atoms with E-state index < -0.39 is 26.7 Å². The Kier molecular flexibility index (Phi) is 11.7. The molecular formula is C27H33N9O6S. The molecule has 0 amide bonds. The minimum absolute atomic E-state index is 0.0937. The first-order valence-electron chi connectivity index (χ1n) is 12.4. The van der Waals surface area contributed by atoms with E-state index in [1.807, 2.05) is 26.0 Å².